The second-order valence-electron chi connectivity index (χ2n) is 5.79. The van der Waals surface area contributed by atoms with Gasteiger partial charge < -0.3 is 15.4 Å². The van der Waals surface area contributed by atoms with Gasteiger partial charge >= 0.3 is 6.03 Å². The van der Waals surface area contributed by atoms with Gasteiger partial charge in [-0.2, -0.15) is 0 Å². The lowest BCUT2D eigenvalue weighted by molar-refractivity contribution is 0.249. The molecule has 2 amide bonds. The second kappa shape index (κ2) is 9.08. The van der Waals surface area contributed by atoms with Crippen molar-refractivity contribution in [3.63, 3.8) is 0 Å². The molecule has 3 rings (SSSR count). The van der Waals surface area contributed by atoms with Gasteiger partial charge in [-0.25, -0.2) is 9.78 Å². The number of hydrogen-bond acceptors (Lipinski definition) is 4. The van der Waals surface area contributed by atoms with Crippen LogP contribution in [0.25, 0.3) is 0 Å². The number of nitrogens with zero attached hydrogens (tertiary/aromatic N) is 1. The van der Waals surface area contributed by atoms with Gasteiger partial charge in [0, 0.05) is 17.1 Å². The summed E-state index contributed by atoms with van der Waals surface area (Å²) in [6, 6.07) is 11.9. The molecule has 0 fully saturated rings. The first kappa shape index (κ1) is 19.5. The van der Waals surface area contributed by atoms with Gasteiger partial charge in [-0.15, -0.1) is 11.3 Å². The van der Waals surface area contributed by atoms with E-state index >= 15 is 0 Å². The molecule has 5 nitrogen and oxygen atoms in total. The van der Waals surface area contributed by atoms with Crippen LogP contribution in [0.2, 0.25) is 10.0 Å². The number of rotatable bonds is 6. The predicted octanol–water partition coefficient (Wildman–Crippen LogP) is 5.91. The number of aromatic nitrogens is 1. The number of carbonyl (C=O) groups excluding carboxylic acids is 1. The van der Waals surface area contributed by atoms with E-state index in [-0.39, 0.29) is 12.1 Å². The molecule has 1 heterocycles. The van der Waals surface area contributed by atoms with Crippen molar-refractivity contribution in [1.29, 1.82) is 0 Å². The molecule has 8 heteroatoms. The number of halogens is 2. The van der Waals surface area contributed by atoms with E-state index in [1.807, 2.05) is 30.5 Å². The molecular formula is C19H17Cl2N3O2S. The highest BCUT2D eigenvalue weighted by Crippen LogP contribution is 2.25. The topological polar surface area (TPSA) is 63.2 Å². The highest BCUT2D eigenvalue weighted by molar-refractivity contribution is 7.07. The van der Waals surface area contributed by atoms with Crippen LogP contribution in [-0.2, 0) is 6.61 Å². The van der Waals surface area contributed by atoms with Gasteiger partial charge in [-0.05, 0) is 36.8 Å². The summed E-state index contributed by atoms with van der Waals surface area (Å²) in [6.07, 6.45) is 0. The first-order valence-corrected chi connectivity index (χ1v) is 9.83. The minimum Gasteiger partial charge on any atom is -0.487 e. The Morgan fingerprint density at radius 2 is 2.07 bits per heavy atom. The smallest absolute Gasteiger partial charge is 0.319 e. The van der Waals surface area contributed by atoms with Crippen LogP contribution < -0.4 is 15.4 Å². The fourth-order valence-electron chi connectivity index (χ4n) is 2.36. The molecule has 0 radical (unpaired) electrons. The molecule has 0 saturated carbocycles. The average Bonchev–Trinajstić information content (AvgIpc) is 3.16. The fourth-order valence-corrected chi connectivity index (χ4v) is 3.21. The van der Waals surface area contributed by atoms with Crippen LogP contribution in [-0.4, -0.2) is 11.0 Å². The number of carbonyl (C=O) groups is 1. The Bertz CT molecular complexity index is 919. The summed E-state index contributed by atoms with van der Waals surface area (Å²) >= 11 is 13.5. The van der Waals surface area contributed by atoms with E-state index in [4.69, 9.17) is 27.9 Å². The third kappa shape index (κ3) is 5.60. The monoisotopic (exact) mass is 421 g/mol. The van der Waals surface area contributed by atoms with E-state index in [1.165, 1.54) is 11.3 Å². The maximum Gasteiger partial charge on any atom is 0.319 e. The lowest BCUT2D eigenvalue weighted by Gasteiger charge is -2.16. The Labute approximate surface area is 171 Å². The third-order valence-electron chi connectivity index (χ3n) is 3.75. The van der Waals surface area contributed by atoms with Crippen molar-refractivity contribution >= 4 is 46.3 Å². The molecule has 140 valence electrons. The maximum absolute atomic E-state index is 12.3. The van der Waals surface area contributed by atoms with E-state index in [0.29, 0.717) is 28.1 Å². The summed E-state index contributed by atoms with van der Waals surface area (Å²) in [5.41, 5.74) is 4.12. The largest absolute Gasteiger partial charge is 0.487 e. The Hall–Kier alpha value is -2.28. The molecule has 2 N–H and O–H groups in total. The molecule has 1 aromatic heterocycles. The number of urea groups is 1. The SMILES string of the molecule is CC(NC(=O)Nc1cccc(OCc2cscn2)c1)c1ccc(Cl)c(Cl)c1. The first-order valence-electron chi connectivity index (χ1n) is 8.13. The van der Waals surface area contributed by atoms with Crippen LogP contribution in [0.15, 0.2) is 53.4 Å². The molecule has 0 aliphatic heterocycles. The van der Waals surface area contributed by atoms with E-state index in [2.05, 4.69) is 15.6 Å². The molecule has 27 heavy (non-hydrogen) atoms. The molecule has 0 aliphatic carbocycles. The Balaban J connectivity index is 1.56. The zero-order chi connectivity index (χ0) is 19.2. The van der Waals surface area contributed by atoms with Crippen molar-refractivity contribution in [3.8, 4) is 5.75 Å². The van der Waals surface area contributed by atoms with E-state index in [1.54, 1.807) is 29.8 Å². The number of hydrogen-bond donors (Lipinski definition) is 2. The number of nitrogens with one attached hydrogen (secondary N) is 2. The minimum absolute atomic E-state index is 0.233. The van der Waals surface area contributed by atoms with Gasteiger partial charge in [0.25, 0.3) is 0 Å². The highest BCUT2D eigenvalue weighted by Gasteiger charge is 2.11. The van der Waals surface area contributed by atoms with Crippen molar-refractivity contribution in [1.82, 2.24) is 10.3 Å². The molecule has 2 aromatic carbocycles. The van der Waals surface area contributed by atoms with Gasteiger partial charge in [0.1, 0.15) is 12.4 Å². The van der Waals surface area contributed by atoms with Crippen LogP contribution >= 0.6 is 34.5 Å². The number of benzene rings is 2. The lowest BCUT2D eigenvalue weighted by atomic mass is 10.1. The first-order chi connectivity index (χ1) is 13.0. The number of anilines is 1. The molecule has 0 bridgehead atoms. The minimum atomic E-state index is -0.328. The molecule has 1 atom stereocenters. The predicted molar refractivity (Wildman–Crippen MR) is 110 cm³/mol. The van der Waals surface area contributed by atoms with Crippen molar-refractivity contribution in [3.05, 3.63) is 74.7 Å². The Kier molecular flexibility index (Phi) is 6.55. The normalized spacial score (nSPS) is 11.7. The molecule has 0 saturated heterocycles. The van der Waals surface area contributed by atoms with E-state index < -0.39 is 0 Å². The number of amides is 2. The van der Waals surface area contributed by atoms with Crippen molar-refractivity contribution < 1.29 is 9.53 Å². The summed E-state index contributed by atoms with van der Waals surface area (Å²) in [4.78, 5) is 16.4. The Morgan fingerprint density at radius 3 is 2.81 bits per heavy atom. The van der Waals surface area contributed by atoms with Crippen LogP contribution in [0.3, 0.4) is 0 Å². The van der Waals surface area contributed by atoms with Crippen LogP contribution in [0.5, 0.6) is 5.75 Å². The molecule has 0 aliphatic rings. The van der Waals surface area contributed by atoms with Crippen LogP contribution in [0, 0.1) is 0 Å². The quantitative estimate of drug-likeness (QED) is 0.519. The summed E-state index contributed by atoms with van der Waals surface area (Å²) in [5, 5.41) is 8.52. The van der Waals surface area contributed by atoms with Crippen molar-refractivity contribution in [2.75, 3.05) is 5.32 Å². The molecule has 3 aromatic rings. The zero-order valence-electron chi connectivity index (χ0n) is 14.4. The van der Waals surface area contributed by atoms with Gasteiger partial charge in [0.15, 0.2) is 0 Å². The van der Waals surface area contributed by atoms with E-state index in [0.717, 1.165) is 11.3 Å². The molecular weight excluding hydrogens is 405 g/mol. The molecule has 1 unspecified atom stereocenters. The van der Waals surface area contributed by atoms with Crippen LogP contribution in [0.4, 0.5) is 10.5 Å². The summed E-state index contributed by atoms with van der Waals surface area (Å²) in [6.45, 7) is 2.25. The fraction of sp³-hybridized carbons (Fsp3) is 0.158. The summed E-state index contributed by atoms with van der Waals surface area (Å²) < 4.78 is 5.69. The van der Waals surface area contributed by atoms with Crippen molar-refractivity contribution in [2.45, 2.75) is 19.6 Å². The zero-order valence-corrected chi connectivity index (χ0v) is 16.7. The second-order valence-corrected chi connectivity index (χ2v) is 7.32. The van der Waals surface area contributed by atoms with Gasteiger partial charge in [-0.1, -0.05) is 35.3 Å². The number of ether oxygens (including phenoxy) is 1. The summed E-state index contributed by atoms with van der Waals surface area (Å²) in [5.74, 6) is 0.651. The average molecular weight is 422 g/mol. The third-order valence-corrected chi connectivity index (χ3v) is 5.13. The summed E-state index contributed by atoms with van der Waals surface area (Å²) in [7, 11) is 0. The van der Waals surface area contributed by atoms with Crippen molar-refractivity contribution in [2.24, 2.45) is 0 Å². The standard InChI is InChI=1S/C19H17Cl2N3O2S/c1-12(13-5-6-17(20)18(21)7-13)23-19(25)24-14-3-2-4-16(8-14)26-9-15-10-27-11-22-15/h2-8,10-12H,9H2,1H3,(H2,23,24,25). The number of thiazole rings is 1. The Morgan fingerprint density at radius 1 is 1.22 bits per heavy atom. The van der Waals surface area contributed by atoms with E-state index in [9.17, 15) is 4.79 Å². The van der Waals surface area contributed by atoms with Gasteiger partial charge in [0.05, 0.1) is 27.3 Å². The van der Waals surface area contributed by atoms with Gasteiger partial charge in [0.2, 0.25) is 0 Å². The maximum atomic E-state index is 12.3. The van der Waals surface area contributed by atoms with Gasteiger partial charge in [-0.3, -0.25) is 0 Å². The lowest BCUT2D eigenvalue weighted by Crippen LogP contribution is -2.31. The highest BCUT2D eigenvalue weighted by atomic mass is 35.5. The van der Waals surface area contributed by atoms with Crippen LogP contribution in [0.1, 0.15) is 24.2 Å². The molecule has 0 spiro atoms.